The van der Waals surface area contributed by atoms with Gasteiger partial charge in [-0.25, -0.2) is 4.39 Å². The topological polar surface area (TPSA) is 21.7 Å². The second-order valence-electron chi connectivity index (χ2n) is 5.65. The first kappa shape index (κ1) is 16.1. The highest BCUT2D eigenvalue weighted by Crippen LogP contribution is 2.38. The summed E-state index contributed by atoms with van der Waals surface area (Å²) in [7, 11) is 3.32. The Morgan fingerprint density at radius 3 is 2.65 bits per heavy atom. The summed E-state index contributed by atoms with van der Waals surface area (Å²) in [5, 5.41) is 0.179. The van der Waals surface area contributed by atoms with Crippen molar-refractivity contribution in [3.05, 3.63) is 57.9 Å². The molecule has 122 valence electrons. The molecule has 1 aliphatic rings. The summed E-state index contributed by atoms with van der Waals surface area (Å²) in [6, 6.07) is 8.94. The van der Waals surface area contributed by atoms with Gasteiger partial charge in [0.2, 0.25) is 0 Å². The highest BCUT2D eigenvalue weighted by molar-refractivity contribution is 6.30. The normalized spacial score (nSPS) is 13.9. The number of nitrogens with zero attached hydrogens (tertiary/aromatic N) is 1. The summed E-state index contributed by atoms with van der Waals surface area (Å²) >= 11 is 5.84. The minimum absolute atomic E-state index is 0.179. The van der Waals surface area contributed by atoms with Crippen LogP contribution in [0.15, 0.2) is 30.3 Å². The number of halogens is 2. The van der Waals surface area contributed by atoms with Gasteiger partial charge in [0.25, 0.3) is 0 Å². The molecule has 2 aromatic carbocycles. The summed E-state index contributed by atoms with van der Waals surface area (Å²) < 4.78 is 24.1. The minimum atomic E-state index is -0.374. The van der Waals surface area contributed by atoms with E-state index < -0.39 is 0 Å². The van der Waals surface area contributed by atoms with E-state index in [-0.39, 0.29) is 10.8 Å². The number of ether oxygens (including phenoxy) is 2. The van der Waals surface area contributed by atoms with Crippen molar-refractivity contribution in [3.63, 3.8) is 0 Å². The predicted molar refractivity (Wildman–Crippen MR) is 88.8 cm³/mol. The fraction of sp³-hybridized carbons (Fsp3) is 0.333. The molecule has 0 saturated carbocycles. The molecule has 0 saturated heterocycles. The molecule has 0 fully saturated rings. The van der Waals surface area contributed by atoms with Crippen molar-refractivity contribution in [3.8, 4) is 11.5 Å². The SMILES string of the molecule is COc1ccc2c(c1OC)CN(CCc1ccc(F)c(Cl)c1)C2. The zero-order valence-electron chi connectivity index (χ0n) is 13.2. The van der Waals surface area contributed by atoms with Crippen molar-refractivity contribution < 1.29 is 13.9 Å². The molecule has 5 heteroatoms. The molecule has 0 bridgehead atoms. The molecule has 0 radical (unpaired) electrons. The van der Waals surface area contributed by atoms with E-state index in [0.29, 0.717) is 0 Å². The smallest absolute Gasteiger partial charge is 0.165 e. The molecule has 0 unspecified atom stereocenters. The van der Waals surface area contributed by atoms with Crippen molar-refractivity contribution in [2.45, 2.75) is 19.5 Å². The van der Waals surface area contributed by atoms with Crippen LogP contribution < -0.4 is 9.47 Å². The standard InChI is InChI=1S/C18H19ClFNO2/c1-22-17-6-4-13-10-21(11-14(13)18(17)23-2)8-7-12-3-5-16(20)15(19)9-12/h3-6,9H,7-8,10-11H2,1-2H3. The van der Waals surface area contributed by atoms with Crippen LogP contribution in [0.2, 0.25) is 5.02 Å². The molecule has 2 aromatic rings. The Balaban J connectivity index is 1.69. The number of methoxy groups -OCH3 is 2. The maximum Gasteiger partial charge on any atom is 0.165 e. The average Bonchev–Trinajstić information content (AvgIpc) is 2.98. The second-order valence-corrected chi connectivity index (χ2v) is 6.06. The van der Waals surface area contributed by atoms with Gasteiger partial charge in [-0.1, -0.05) is 23.7 Å². The van der Waals surface area contributed by atoms with Gasteiger partial charge in [-0.05, 0) is 35.7 Å². The van der Waals surface area contributed by atoms with E-state index in [2.05, 4.69) is 11.0 Å². The molecule has 3 nitrogen and oxygen atoms in total. The summed E-state index contributed by atoms with van der Waals surface area (Å²) in [5.74, 6) is 1.21. The highest BCUT2D eigenvalue weighted by Gasteiger charge is 2.24. The van der Waals surface area contributed by atoms with E-state index in [0.717, 1.165) is 43.1 Å². The van der Waals surface area contributed by atoms with E-state index in [1.165, 1.54) is 17.2 Å². The maximum atomic E-state index is 13.2. The van der Waals surface area contributed by atoms with Crippen LogP contribution in [0.25, 0.3) is 0 Å². The zero-order valence-corrected chi connectivity index (χ0v) is 14.0. The maximum absolute atomic E-state index is 13.2. The number of benzene rings is 2. The van der Waals surface area contributed by atoms with Gasteiger partial charge in [0, 0.05) is 25.2 Å². The Morgan fingerprint density at radius 1 is 1.13 bits per heavy atom. The monoisotopic (exact) mass is 335 g/mol. The van der Waals surface area contributed by atoms with Crippen molar-refractivity contribution in [2.24, 2.45) is 0 Å². The fourth-order valence-corrected chi connectivity index (χ4v) is 3.22. The van der Waals surface area contributed by atoms with Crippen LogP contribution in [0.3, 0.4) is 0 Å². The van der Waals surface area contributed by atoms with E-state index >= 15 is 0 Å². The lowest BCUT2D eigenvalue weighted by Crippen LogP contribution is -2.19. The van der Waals surface area contributed by atoms with Crippen LogP contribution >= 0.6 is 11.6 Å². The molecule has 3 rings (SSSR count). The predicted octanol–water partition coefficient (Wildman–Crippen LogP) is 4.05. The minimum Gasteiger partial charge on any atom is -0.493 e. The van der Waals surface area contributed by atoms with E-state index in [1.807, 2.05) is 6.07 Å². The summed E-state index contributed by atoms with van der Waals surface area (Å²) in [4.78, 5) is 2.34. The molecular formula is C18H19ClFNO2. The van der Waals surface area contributed by atoms with Crippen LogP contribution in [-0.2, 0) is 19.5 Å². The molecule has 23 heavy (non-hydrogen) atoms. The molecule has 0 atom stereocenters. The Hall–Kier alpha value is -1.78. The summed E-state index contributed by atoms with van der Waals surface area (Å²) in [6.07, 6.45) is 0.827. The van der Waals surface area contributed by atoms with Gasteiger partial charge in [0.1, 0.15) is 5.82 Å². The number of fused-ring (bicyclic) bond motifs is 1. The first-order valence-electron chi connectivity index (χ1n) is 7.51. The van der Waals surface area contributed by atoms with Gasteiger partial charge >= 0.3 is 0 Å². The Kier molecular flexibility index (Phi) is 4.74. The molecule has 0 spiro atoms. The summed E-state index contributed by atoms with van der Waals surface area (Å²) in [5.41, 5.74) is 3.49. The largest absolute Gasteiger partial charge is 0.493 e. The molecule has 1 aliphatic heterocycles. The third kappa shape index (κ3) is 3.28. The third-order valence-electron chi connectivity index (χ3n) is 4.22. The van der Waals surface area contributed by atoms with Crippen molar-refractivity contribution >= 4 is 11.6 Å². The molecule has 0 aliphatic carbocycles. The zero-order chi connectivity index (χ0) is 16.4. The Morgan fingerprint density at radius 2 is 1.96 bits per heavy atom. The molecule has 1 heterocycles. The Labute approximate surface area is 140 Å². The number of hydrogen-bond acceptors (Lipinski definition) is 3. The lowest BCUT2D eigenvalue weighted by Gasteiger charge is -2.15. The van der Waals surface area contributed by atoms with Crippen molar-refractivity contribution in [2.75, 3.05) is 20.8 Å². The van der Waals surface area contributed by atoms with Gasteiger partial charge in [-0.3, -0.25) is 4.90 Å². The molecule has 0 N–H and O–H groups in total. The van der Waals surface area contributed by atoms with Gasteiger partial charge in [-0.2, -0.15) is 0 Å². The molecule has 0 amide bonds. The number of hydrogen-bond donors (Lipinski definition) is 0. The van der Waals surface area contributed by atoms with E-state index in [9.17, 15) is 4.39 Å². The van der Waals surface area contributed by atoms with Crippen LogP contribution in [0.5, 0.6) is 11.5 Å². The van der Waals surface area contributed by atoms with Gasteiger partial charge in [-0.15, -0.1) is 0 Å². The lowest BCUT2D eigenvalue weighted by atomic mass is 10.1. The molecular weight excluding hydrogens is 317 g/mol. The van der Waals surface area contributed by atoms with Crippen LogP contribution in [0.4, 0.5) is 4.39 Å². The van der Waals surface area contributed by atoms with Gasteiger partial charge in [0.05, 0.1) is 19.2 Å². The summed E-state index contributed by atoms with van der Waals surface area (Å²) in [6.45, 7) is 2.58. The third-order valence-corrected chi connectivity index (χ3v) is 4.51. The quantitative estimate of drug-likeness (QED) is 0.822. The van der Waals surface area contributed by atoms with Gasteiger partial charge in [0.15, 0.2) is 11.5 Å². The molecule has 0 aromatic heterocycles. The lowest BCUT2D eigenvalue weighted by molar-refractivity contribution is 0.284. The van der Waals surface area contributed by atoms with Crippen molar-refractivity contribution in [1.29, 1.82) is 0 Å². The first-order valence-corrected chi connectivity index (χ1v) is 7.89. The van der Waals surface area contributed by atoms with E-state index in [4.69, 9.17) is 21.1 Å². The van der Waals surface area contributed by atoms with Crippen LogP contribution in [-0.4, -0.2) is 25.7 Å². The van der Waals surface area contributed by atoms with Gasteiger partial charge < -0.3 is 9.47 Å². The first-order chi connectivity index (χ1) is 11.1. The van der Waals surface area contributed by atoms with Crippen molar-refractivity contribution in [1.82, 2.24) is 4.90 Å². The van der Waals surface area contributed by atoms with Crippen LogP contribution in [0, 0.1) is 5.82 Å². The average molecular weight is 336 g/mol. The highest BCUT2D eigenvalue weighted by atomic mass is 35.5. The fourth-order valence-electron chi connectivity index (χ4n) is 3.01. The number of rotatable bonds is 5. The van der Waals surface area contributed by atoms with Crippen LogP contribution in [0.1, 0.15) is 16.7 Å². The Bertz CT molecular complexity index is 720. The van der Waals surface area contributed by atoms with E-state index in [1.54, 1.807) is 26.4 Å². The second kappa shape index (κ2) is 6.77.